The molecule has 1 fully saturated rings. The third kappa shape index (κ3) is 6.51. The van der Waals surface area contributed by atoms with E-state index in [9.17, 15) is 19.2 Å². The molecule has 1 aliphatic rings. The molecule has 28 heavy (non-hydrogen) atoms. The molecular formula is C20H32N4O4. The molecule has 0 saturated carbocycles. The minimum absolute atomic E-state index is 0.123. The van der Waals surface area contributed by atoms with Gasteiger partial charge in [-0.1, -0.05) is 13.2 Å². The van der Waals surface area contributed by atoms with Crippen LogP contribution in [0.15, 0.2) is 24.3 Å². The van der Waals surface area contributed by atoms with Crippen molar-refractivity contribution >= 4 is 23.6 Å². The summed E-state index contributed by atoms with van der Waals surface area (Å²) >= 11 is 0. The van der Waals surface area contributed by atoms with Crippen molar-refractivity contribution in [3.8, 4) is 0 Å². The zero-order valence-electron chi connectivity index (χ0n) is 17.5. The number of hydrogen-bond acceptors (Lipinski definition) is 4. The minimum atomic E-state index is -0.508. The van der Waals surface area contributed by atoms with Crippen LogP contribution in [-0.4, -0.2) is 96.6 Å². The Hall–Kier alpha value is -2.64. The van der Waals surface area contributed by atoms with Crippen LogP contribution < -0.4 is 0 Å². The van der Waals surface area contributed by atoms with E-state index in [2.05, 4.69) is 13.2 Å². The SMILES string of the molecule is C=C(C)C(=O)N(C)CCCN1CCN(CCCN(C)C(=O)C(=C)C)C(=O)C1=O. The van der Waals surface area contributed by atoms with Crippen LogP contribution in [0, 0.1) is 0 Å². The Balaban J connectivity index is 2.40. The average Bonchev–Trinajstić information content (AvgIpc) is 2.64. The number of rotatable bonds is 10. The van der Waals surface area contributed by atoms with Gasteiger partial charge in [0.05, 0.1) is 0 Å². The number of carbonyl (C=O) groups excluding carboxylic acids is 4. The van der Waals surface area contributed by atoms with Gasteiger partial charge < -0.3 is 19.6 Å². The number of carbonyl (C=O) groups is 4. The van der Waals surface area contributed by atoms with Crippen LogP contribution >= 0.6 is 0 Å². The highest BCUT2D eigenvalue weighted by Crippen LogP contribution is 2.08. The summed E-state index contributed by atoms with van der Waals surface area (Å²) in [7, 11) is 3.38. The van der Waals surface area contributed by atoms with Crippen LogP contribution in [0.25, 0.3) is 0 Å². The summed E-state index contributed by atoms with van der Waals surface area (Å²) in [6, 6.07) is 0. The quantitative estimate of drug-likeness (QED) is 0.401. The Morgan fingerprint density at radius 2 is 1.14 bits per heavy atom. The molecule has 1 heterocycles. The largest absolute Gasteiger partial charge is 0.342 e. The second-order valence-corrected chi connectivity index (χ2v) is 7.31. The Labute approximate surface area is 167 Å². The van der Waals surface area contributed by atoms with Gasteiger partial charge in [0.1, 0.15) is 0 Å². The van der Waals surface area contributed by atoms with Crippen molar-refractivity contribution in [1.29, 1.82) is 0 Å². The lowest BCUT2D eigenvalue weighted by molar-refractivity contribution is -0.156. The standard InChI is InChI=1S/C20H32N4O4/c1-15(2)17(25)21(5)9-7-11-23-13-14-24(20(28)19(23)27)12-8-10-22(6)18(26)16(3)4/h1,3,7-14H2,2,4-6H3. The molecule has 0 aromatic heterocycles. The van der Waals surface area contributed by atoms with Gasteiger partial charge in [0, 0.05) is 64.5 Å². The van der Waals surface area contributed by atoms with Gasteiger partial charge in [-0.05, 0) is 26.7 Å². The predicted molar refractivity (Wildman–Crippen MR) is 107 cm³/mol. The van der Waals surface area contributed by atoms with Gasteiger partial charge in [0.2, 0.25) is 11.8 Å². The van der Waals surface area contributed by atoms with Crippen LogP contribution in [0.1, 0.15) is 26.7 Å². The van der Waals surface area contributed by atoms with E-state index in [1.165, 1.54) is 9.80 Å². The highest BCUT2D eigenvalue weighted by molar-refractivity contribution is 6.35. The molecule has 0 unspecified atom stereocenters. The van der Waals surface area contributed by atoms with Crippen molar-refractivity contribution < 1.29 is 19.2 Å². The molecular weight excluding hydrogens is 360 g/mol. The van der Waals surface area contributed by atoms with E-state index in [-0.39, 0.29) is 11.8 Å². The van der Waals surface area contributed by atoms with Crippen molar-refractivity contribution in [2.45, 2.75) is 26.7 Å². The van der Waals surface area contributed by atoms with Crippen LogP contribution in [0.2, 0.25) is 0 Å². The van der Waals surface area contributed by atoms with E-state index in [4.69, 9.17) is 0 Å². The zero-order valence-corrected chi connectivity index (χ0v) is 17.5. The lowest BCUT2D eigenvalue weighted by atomic mass is 10.2. The summed E-state index contributed by atoms with van der Waals surface area (Å²) in [5.41, 5.74) is 0.941. The maximum atomic E-state index is 12.3. The highest BCUT2D eigenvalue weighted by atomic mass is 16.2. The third-order valence-electron chi connectivity index (χ3n) is 4.66. The summed E-state index contributed by atoms with van der Waals surface area (Å²) in [5.74, 6) is -1.26. The second-order valence-electron chi connectivity index (χ2n) is 7.31. The first kappa shape index (κ1) is 23.4. The smallest absolute Gasteiger partial charge is 0.312 e. The van der Waals surface area contributed by atoms with Crippen LogP contribution in [0.3, 0.4) is 0 Å². The van der Waals surface area contributed by atoms with E-state index >= 15 is 0 Å². The van der Waals surface area contributed by atoms with E-state index in [1.807, 2.05) is 0 Å². The first-order chi connectivity index (χ1) is 13.1. The lowest BCUT2D eigenvalue weighted by Gasteiger charge is -2.34. The molecule has 0 aromatic carbocycles. The zero-order chi connectivity index (χ0) is 21.4. The second kappa shape index (κ2) is 10.6. The molecule has 156 valence electrons. The van der Waals surface area contributed by atoms with Crippen LogP contribution in [-0.2, 0) is 19.2 Å². The number of amides is 4. The molecule has 0 N–H and O–H groups in total. The number of likely N-dealkylation sites (N-methyl/N-ethyl adjacent to an activating group) is 2. The maximum Gasteiger partial charge on any atom is 0.312 e. The summed E-state index contributed by atoms with van der Waals surface area (Å²) in [5, 5.41) is 0. The highest BCUT2D eigenvalue weighted by Gasteiger charge is 2.31. The van der Waals surface area contributed by atoms with Gasteiger partial charge in [-0.25, -0.2) is 0 Å². The van der Waals surface area contributed by atoms with Crippen molar-refractivity contribution in [3.63, 3.8) is 0 Å². The van der Waals surface area contributed by atoms with Crippen molar-refractivity contribution in [3.05, 3.63) is 24.3 Å². The summed E-state index contributed by atoms with van der Waals surface area (Å²) < 4.78 is 0. The molecule has 0 aliphatic carbocycles. The average molecular weight is 393 g/mol. The van der Waals surface area contributed by atoms with E-state index < -0.39 is 11.8 Å². The van der Waals surface area contributed by atoms with Gasteiger partial charge >= 0.3 is 11.8 Å². The van der Waals surface area contributed by atoms with Crippen molar-refractivity contribution in [1.82, 2.24) is 19.6 Å². The normalized spacial score (nSPS) is 14.1. The van der Waals surface area contributed by atoms with Gasteiger partial charge in [-0.3, -0.25) is 19.2 Å². The number of hydrogen-bond donors (Lipinski definition) is 0. The molecule has 4 amide bonds. The van der Waals surface area contributed by atoms with E-state index in [1.54, 1.807) is 37.7 Å². The van der Waals surface area contributed by atoms with Crippen molar-refractivity contribution in [2.75, 3.05) is 53.4 Å². The molecule has 0 aromatic rings. The molecule has 1 saturated heterocycles. The first-order valence-electron chi connectivity index (χ1n) is 9.46. The Morgan fingerprint density at radius 1 is 0.821 bits per heavy atom. The van der Waals surface area contributed by atoms with Gasteiger partial charge in [0.25, 0.3) is 0 Å². The van der Waals surface area contributed by atoms with Crippen LogP contribution in [0.4, 0.5) is 0 Å². The van der Waals surface area contributed by atoms with E-state index in [0.29, 0.717) is 63.3 Å². The van der Waals surface area contributed by atoms with Crippen molar-refractivity contribution in [2.24, 2.45) is 0 Å². The van der Waals surface area contributed by atoms with Gasteiger partial charge in [-0.15, -0.1) is 0 Å². The van der Waals surface area contributed by atoms with E-state index in [0.717, 1.165) is 0 Å². The Morgan fingerprint density at radius 3 is 1.43 bits per heavy atom. The first-order valence-corrected chi connectivity index (χ1v) is 9.46. The fraction of sp³-hybridized carbons (Fsp3) is 0.600. The monoisotopic (exact) mass is 392 g/mol. The molecule has 1 rings (SSSR count). The topological polar surface area (TPSA) is 81.2 Å². The lowest BCUT2D eigenvalue weighted by Crippen LogP contribution is -2.55. The third-order valence-corrected chi connectivity index (χ3v) is 4.66. The molecule has 0 radical (unpaired) electrons. The molecule has 1 aliphatic heterocycles. The van der Waals surface area contributed by atoms with Gasteiger partial charge in [-0.2, -0.15) is 0 Å². The fourth-order valence-electron chi connectivity index (χ4n) is 2.99. The van der Waals surface area contributed by atoms with Crippen LogP contribution in [0.5, 0.6) is 0 Å². The molecule has 8 heteroatoms. The maximum absolute atomic E-state index is 12.3. The Bertz CT molecular complexity index is 603. The fourth-order valence-corrected chi connectivity index (χ4v) is 2.99. The molecule has 0 spiro atoms. The Kier molecular flexibility index (Phi) is 8.88. The molecule has 0 bridgehead atoms. The number of piperazine rings is 1. The number of nitrogens with zero attached hydrogens (tertiary/aromatic N) is 4. The van der Waals surface area contributed by atoms with Gasteiger partial charge in [0.15, 0.2) is 0 Å². The summed E-state index contributed by atoms with van der Waals surface area (Å²) in [6.07, 6.45) is 1.20. The molecule has 8 nitrogen and oxygen atoms in total. The summed E-state index contributed by atoms with van der Waals surface area (Å²) in [6.45, 7) is 13.4. The molecule has 0 atom stereocenters. The summed E-state index contributed by atoms with van der Waals surface area (Å²) in [4.78, 5) is 54.4. The minimum Gasteiger partial charge on any atom is -0.342 e. The predicted octanol–water partition coefficient (Wildman–Crippen LogP) is 0.506.